The number of unbranched alkanes of at least 4 members (excludes halogenated alkanes) is 1. The van der Waals surface area contributed by atoms with Crippen LogP contribution in [0.25, 0.3) is 0 Å². The van der Waals surface area contributed by atoms with E-state index in [1.165, 1.54) is 0 Å². The molecular formula is C13H20N4O2. The van der Waals surface area contributed by atoms with E-state index in [9.17, 15) is 4.79 Å². The largest absolute Gasteiger partial charge is 0.378 e. The summed E-state index contributed by atoms with van der Waals surface area (Å²) in [4.78, 5) is 13.9. The number of aromatic nitrogens is 2. The summed E-state index contributed by atoms with van der Waals surface area (Å²) >= 11 is 0. The van der Waals surface area contributed by atoms with Gasteiger partial charge in [-0.15, -0.1) is 10.2 Å². The van der Waals surface area contributed by atoms with E-state index in [-0.39, 0.29) is 5.91 Å². The Hall–Kier alpha value is -1.69. The molecule has 0 bridgehead atoms. The first-order valence-electron chi connectivity index (χ1n) is 6.76. The number of nitrogens with one attached hydrogen (secondary N) is 1. The van der Waals surface area contributed by atoms with Crippen molar-refractivity contribution in [1.29, 1.82) is 0 Å². The van der Waals surface area contributed by atoms with Crippen molar-refractivity contribution in [2.75, 3.05) is 37.7 Å². The fourth-order valence-electron chi connectivity index (χ4n) is 1.88. The van der Waals surface area contributed by atoms with Gasteiger partial charge in [0, 0.05) is 19.6 Å². The minimum Gasteiger partial charge on any atom is -0.378 e. The fraction of sp³-hybridized carbons (Fsp3) is 0.615. The zero-order chi connectivity index (χ0) is 13.5. The predicted octanol–water partition coefficient (Wildman–Crippen LogP) is 0.843. The molecule has 104 valence electrons. The first kappa shape index (κ1) is 13.7. The summed E-state index contributed by atoms with van der Waals surface area (Å²) in [6.07, 6.45) is 2.03. The van der Waals surface area contributed by atoms with E-state index in [2.05, 4.69) is 27.3 Å². The van der Waals surface area contributed by atoms with E-state index in [1.807, 2.05) is 6.07 Å². The van der Waals surface area contributed by atoms with Crippen LogP contribution in [-0.4, -0.2) is 49.0 Å². The Morgan fingerprint density at radius 2 is 2.16 bits per heavy atom. The quantitative estimate of drug-likeness (QED) is 0.798. The molecule has 1 aromatic rings. The molecule has 1 N–H and O–H groups in total. The molecule has 1 aromatic heterocycles. The number of carbonyl (C=O) groups excluding carboxylic acids is 1. The van der Waals surface area contributed by atoms with Crippen molar-refractivity contribution in [2.24, 2.45) is 0 Å². The molecule has 0 atom stereocenters. The van der Waals surface area contributed by atoms with Crippen molar-refractivity contribution in [2.45, 2.75) is 19.8 Å². The highest BCUT2D eigenvalue weighted by Gasteiger charge is 2.14. The van der Waals surface area contributed by atoms with Crippen LogP contribution in [0.15, 0.2) is 12.1 Å². The minimum absolute atomic E-state index is 0.158. The first-order valence-corrected chi connectivity index (χ1v) is 6.76. The smallest absolute Gasteiger partial charge is 0.271 e. The van der Waals surface area contributed by atoms with E-state index >= 15 is 0 Å². The van der Waals surface area contributed by atoms with Gasteiger partial charge in [0.05, 0.1) is 13.2 Å². The van der Waals surface area contributed by atoms with Crippen LogP contribution in [0.3, 0.4) is 0 Å². The molecule has 6 heteroatoms. The van der Waals surface area contributed by atoms with Crippen molar-refractivity contribution in [1.82, 2.24) is 15.5 Å². The zero-order valence-corrected chi connectivity index (χ0v) is 11.3. The molecule has 1 aliphatic rings. The molecule has 0 aliphatic carbocycles. The third-order valence-electron chi connectivity index (χ3n) is 3.03. The number of nitrogens with zero attached hydrogens (tertiary/aromatic N) is 3. The summed E-state index contributed by atoms with van der Waals surface area (Å²) < 4.78 is 5.28. The average molecular weight is 264 g/mol. The van der Waals surface area contributed by atoms with Gasteiger partial charge in [0.25, 0.3) is 5.91 Å². The lowest BCUT2D eigenvalue weighted by Crippen LogP contribution is -2.37. The van der Waals surface area contributed by atoms with Gasteiger partial charge in [-0.3, -0.25) is 4.79 Å². The highest BCUT2D eigenvalue weighted by atomic mass is 16.5. The van der Waals surface area contributed by atoms with Crippen LogP contribution in [0.4, 0.5) is 5.82 Å². The maximum absolute atomic E-state index is 11.8. The normalized spacial score (nSPS) is 15.3. The molecule has 0 radical (unpaired) electrons. The van der Waals surface area contributed by atoms with Gasteiger partial charge in [0.1, 0.15) is 0 Å². The van der Waals surface area contributed by atoms with Gasteiger partial charge in [-0.25, -0.2) is 0 Å². The summed E-state index contributed by atoms with van der Waals surface area (Å²) in [5.74, 6) is 0.642. The Morgan fingerprint density at radius 1 is 1.37 bits per heavy atom. The minimum atomic E-state index is -0.158. The number of morpholine rings is 1. The Bertz CT molecular complexity index is 402. The van der Waals surface area contributed by atoms with Crippen molar-refractivity contribution >= 4 is 11.7 Å². The highest BCUT2D eigenvalue weighted by molar-refractivity contribution is 5.92. The molecule has 1 amide bonds. The third kappa shape index (κ3) is 3.89. The van der Waals surface area contributed by atoms with E-state index in [4.69, 9.17) is 4.74 Å². The number of rotatable bonds is 5. The number of carbonyl (C=O) groups is 1. The topological polar surface area (TPSA) is 67.4 Å². The molecule has 1 aliphatic heterocycles. The highest BCUT2D eigenvalue weighted by Crippen LogP contribution is 2.11. The van der Waals surface area contributed by atoms with Gasteiger partial charge >= 0.3 is 0 Å². The summed E-state index contributed by atoms with van der Waals surface area (Å²) in [5.41, 5.74) is 0.369. The van der Waals surface area contributed by atoms with Crippen LogP contribution < -0.4 is 10.2 Å². The van der Waals surface area contributed by atoms with Crippen molar-refractivity contribution in [3.05, 3.63) is 17.8 Å². The number of amides is 1. The predicted molar refractivity (Wildman–Crippen MR) is 72.3 cm³/mol. The van der Waals surface area contributed by atoms with Gasteiger partial charge in [-0.2, -0.15) is 0 Å². The molecular weight excluding hydrogens is 244 g/mol. The Kier molecular flexibility index (Phi) is 5.09. The van der Waals surface area contributed by atoms with E-state index in [0.717, 1.165) is 31.7 Å². The van der Waals surface area contributed by atoms with Crippen LogP contribution in [0.5, 0.6) is 0 Å². The standard InChI is InChI=1S/C13H20N4O2/c1-2-3-6-14-13(18)11-4-5-12(16-15-11)17-7-9-19-10-8-17/h4-5H,2-3,6-10H2,1H3,(H,14,18). The maximum Gasteiger partial charge on any atom is 0.271 e. The summed E-state index contributed by atoms with van der Waals surface area (Å²) in [7, 11) is 0. The molecule has 0 saturated carbocycles. The van der Waals surface area contributed by atoms with Gasteiger partial charge in [-0.1, -0.05) is 13.3 Å². The second-order valence-electron chi connectivity index (χ2n) is 4.49. The van der Waals surface area contributed by atoms with Crippen molar-refractivity contribution in [3.8, 4) is 0 Å². The molecule has 0 unspecified atom stereocenters. The monoisotopic (exact) mass is 264 g/mol. The number of hydrogen-bond acceptors (Lipinski definition) is 5. The molecule has 19 heavy (non-hydrogen) atoms. The van der Waals surface area contributed by atoms with Gasteiger partial charge in [0.2, 0.25) is 0 Å². The molecule has 1 fully saturated rings. The van der Waals surface area contributed by atoms with Gasteiger partial charge < -0.3 is 15.0 Å². The second-order valence-corrected chi connectivity index (χ2v) is 4.49. The summed E-state index contributed by atoms with van der Waals surface area (Å²) in [6.45, 7) is 5.82. The Morgan fingerprint density at radius 3 is 2.79 bits per heavy atom. The Balaban J connectivity index is 1.91. The lowest BCUT2D eigenvalue weighted by atomic mass is 10.3. The third-order valence-corrected chi connectivity index (χ3v) is 3.03. The van der Waals surface area contributed by atoms with E-state index in [1.54, 1.807) is 6.07 Å². The van der Waals surface area contributed by atoms with Crippen LogP contribution in [0, 0.1) is 0 Å². The summed E-state index contributed by atoms with van der Waals surface area (Å²) in [6, 6.07) is 3.56. The molecule has 2 heterocycles. The van der Waals surface area contributed by atoms with E-state index in [0.29, 0.717) is 25.5 Å². The molecule has 6 nitrogen and oxygen atoms in total. The second kappa shape index (κ2) is 7.04. The lowest BCUT2D eigenvalue weighted by molar-refractivity contribution is 0.0947. The van der Waals surface area contributed by atoms with Crippen LogP contribution in [-0.2, 0) is 4.74 Å². The Labute approximate surface area is 113 Å². The molecule has 2 rings (SSSR count). The molecule has 1 saturated heterocycles. The van der Waals surface area contributed by atoms with Gasteiger partial charge in [-0.05, 0) is 18.6 Å². The average Bonchev–Trinajstić information content (AvgIpc) is 2.48. The number of ether oxygens (including phenoxy) is 1. The SMILES string of the molecule is CCCCNC(=O)c1ccc(N2CCOCC2)nn1. The van der Waals surface area contributed by atoms with E-state index < -0.39 is 0 Å². The fourth-order valence-corrected chi connectivity index (χ4v) is 1.88. The molecule has 0 spiro atoms. The summed E-state index contributed by atoms with van der Waals surface area (Å²) in [5, 5.41) is 10.9. The number of hydrogen-bond donors (Lipinski definition) is 1. The zero-order valence-electron chi connectivity index (χ0n) is 11.3. The molecule has 0 aromatic carbocycles. The first-order chi connectivity index (χ1) is 9.31. The van der Waals surface area contributed by atoms with Gasteiger partial charge in [0.15, 0.2) is 11.5 Å². The van der Waals surface area contributed by atoms with Crippen LogP contribution in [0.1, 0.15) is 30.3 Å². The maximum atomic E-state index is 11.8. The van der Waals surface area contributed by atoms with Crippen LogP contribution in [0.2, 0.25) is 0 Å². The van der Waals surface area contributed by atoms with Crippen LogP contribution >= 0.6 is 0 Å². The van der Waals surface area contributed by atoms with Crippen molar-refractivity contribution in [3.63, 3.8) is 0 Å². The van der Waals surface area contributed by atoms with Crippen molar-refractivity contribution < 1.29 is 9.53 Å². The lowest BCUT2D eigenvalue weighted by Gasteiger charge is -2.27. The number of anilines is 1.